The summed E-state index contributed by atoms with van der Waals surface area (Å²) in [5, 5.41) is 5.15. The van der Waals surface area contributed by atoms with Crippen LogP contribution in [-0.2, 0) is 11.0 Å². The molecule has 0 aliphatic rings. The van der Waals surface area contributed by atoms with Crippen molar-refractivity contribution >= 4 is 17.3 Å². The Labute approximate surface area is 160 Å². The maximum Gasteiger partial charge on any atom is 0.418 e. The molecule has 0 saturated heterocycles. The van der Waals surface area contributed by atoms with Gasteiger partial charge in [-0.25, -0.2) is 0 Å². The maximum absolute atomic E-state index is 13.0. The molecular formula is C21H17F3N2O2. The van der Waals surface area contributed by atoms with Crippen LogP contribution in [0.1, 0.15) is 5.56 Å². The molecule has 0 bridgehead atoms. The van der Waals surface area contributed by atoms with E-state index in [0.29, 0.717) is 17.2 Å². The molecule has 4 nitrogen and oxygen atoms in total. The third kappa shape index (κ3) is 5.26. The second-order valence-corrected chi connectivity index (χ2v) is 5.88. The third-order valence-corrected chi connectivity index (χ3v) is 3.79. The van der Waals surface area contributed by atoms with Crippen molar-refractivity contribution < 1.29 is 22.7 Å². The standard InChI is InChI=1S/C21H17F3N2O2/c22-21(23,24)18-8-4-5-9-19(18)26-20(27)14-25-15-10-12-17(13-11-15)28-16-6-2-1-3-7-16/h1-13,25H,14H2,(H,26,27). The first-order chi connectivity index (χ1) is 13.4. The fourth-order valence-corrected chi connectivity index (χ4v) is 2.48. The summed E-state index contributed by atoms with van der Waals surface area (Å²) in [7, 11) is 0. The number of carbonyl (C=O) groups excluding carboxylic acids is 1. The van der Waals surface area contributed by atoms with Crippen LogP contribution >= 0.6 is 0 Å². The molecule has 0 heterocycles. The predicted octanol–water partition coefficient (Wildman–Crippen LogP) is 5.55. The van der Waals surface area contributed by atoms with Gasteiger partial charge in [0.25, 0.3) is 0 Å². The molecule has 0 fully saturated rings. The molecule has 3 rings (SSSR count). The summed E-state index contributed by atoms with van der Waals surface area (Å²) in [5.74, 6) is 0.743. The number of amides is 1. The summed E-state index contributed by atoms with van der Waals surface area (Å²) in [6.07, 6.45) is -4.54. The zero-order chi connectivity index (χ0) is 20.0. The molecule has 0 atom stereocenters. The zero-order valence-electron chi connectivity index (χ0n) is 14.7. The van der Waals surface area contributed by atoms with Crippen LogP contribution in [0.5, 0.6) is 11.5 Å². The minimum Gasteiger partial charge on any atom is -0.457 e. The largest absolute Gasteiger partial charge is 0.457 e. The maximum atomic E-state index is 13.0. The van der Waals surface area contributed by atoms with E-state index in [0.717, 1.165) is 6.07 Å². The Morgan fingerprint density at radius 3 is 2.11 bits per heavy atom. The van der Waals surface area contributed by atoms with Crippen molar-refractivity contribution in [3.05, 3.63) is 84.4 Å². The molecule has 3 aromatic carbocycles. The normalized spacial score (nSPS) is 11.0. The first-order valence-corrected chi connectivity index (χ1v) is 8.45. The number of benzene rings is 3. The molecule has 28 heavy (non-hydrogen) atoms. The third-order valence-electron chi connectivity index (χ3n) is 3.79. The first-order valence-electron chi connectivity index (χ1n) is 8.45. The average molecular weight is 386 g/mol. The molecule has 7 heteroatoms. The van der Waals surface area contributed by atoms with Gasteiger partial charge >= 0.3 is 6.18 Å². The van der Waals surface area contributed by atoms with E-state index in [1.807, 2.05) is 30.3 Å². The van der Waals surface area contributed by atoms with E-state index in [9.17, 15) is 18.0 Å². The number of carbonyl (C=O) groups is 1. The molecule has 1 amide bonds. The zero-order valence-corrected chi connectivity index (χ0v) is 14.7. The highest BCUT2D eigenvalue weighted by atomic mass is 19.4. The average Bonchev–Trinajstić information content (AvgIpc) is 2.68. The van der Waals surface area contributed by atoms with Crippen LogP contribution in [-0.4, -0.2) is 12.5 Å². The Hall–Kier alpha value is -3.48. The van der Waals surface area contributed by atoms with Gasteiger partial charge in [-0.15, -0.1) is 0 Å². The van der Waals surface area contributed by atoms with E-state index in [4.69, 9.17) is 4.74 Å². The van der Waals surface area contributed by atoms with E-state index in [1.165, 1.54) is 18.2 Å². The van der Waals surface area contributed by atoms with Crippen LogP contribution < -0.4 is 15.4 Å². The second kappa shape index (κ2) is 8.47. The molecule has 0 unspecified atom stereocenters. The SMILES string of the molecule is O=C(CNc1ccc(Oc2ccccc2)cc1)Nc1ccccc1C(F)(F)F. The van der Waals surface area contributed by atoms with Gasteiger partial charge in [-0.2, -0.15) is 13.2 Å². The summed E-state index contributed by atoms with van der Waals surface area (Å²) in [5.41, 5.74) is -0.515. The highest BCUT2D eigenvalue weighted by molar-refractivity contribution is 5.94. The monoisotopic (exact) mass is 386 g/mol. The van der Waals surface area contributed by atoms with Gasteiger partial charge < -0.3 is 15.4 Å². The Morgan fingerprint density at radius 1 is 0.821 bits per heavy atom. The van der Waals surface area contributed by atoms with Crippen molar-refractivity contribution in [1.82, 2.24) is 0 Å². The molecule has 2 N–H and O–H groups in total. The predicted molar refractivity (Wildman–Crippen MR) is 102 cm³/mol. The summed E-state index contributed by atoms with van der Waals surface area (Å²) < 4.78 is 44.6. The van der Waals surface area contributed by atoms with Crippen molar-refractivity contribution in [1.29, 1.82) is 0 Å². The lowest BCUT2D eigenvalue weighted by atomic mass is 10.1. The number of para-hydroxylation sites is 2. The Morgan fingerprint density at radius 2 is 1.43 bits per heavy atom. The number of rotatable bonds is 6. The van der Waals surface area contributed by atoms with Crippen molar-refractivity contribution in [2.75, 3.05) is 17.2 Å². The van der Waals surface area contributed by atoms with Crippen LogP contribution in [0.25, 0.3) is 0 Å². The molecule has 0 spiro atoms. The Balaban J connectivity index is 1.55. The van der Waals surface area contributed by atoms with Gasteiger partial charge in [-0.1, -0.05) is 30.3 Å². The highest BCUT2D eigenvalue weighted by Gasteiger charge is 2.33. The van der Waals surface area contributed by atoms with Gasteiger partial charge in [-0.05, 0) is 48.5 Å². The molecule has 0 saturated carbocycles. The fourth-order valence-electron chi connectivity index (χ4n) is 2.48. The first kappa shape index (κ1) is 19.3. The van der Waals surface area contributed by atoms with Crippen molar-refractivity contribution in [3.8, 4) is 11.5 Å². The summed E-state index contributed by atoms with van der Waals surface area (Å²) in [4.78, 5) is 12.0. The van der Waals surface area contributed by atoms with Crippen molar-refractivity contribution in [2.45, 2.75) is 6.18 Å². The number of nitrogens with one attached hydrogen (secondary N) is 2. The van der Waals surface area contributed by atoms with Crippen molar-refractivity contribution in [2.24, 2.45) is 0 Å². The summed E-state index contributed by atoms with van der Waals surface area (Å²) >= 11 is 0. The molecule has 3 aromatic rings. The lowest BCUT2D eigenvalue weighted by molar-refractivity contribution is -0.137. The van der Waals surface area contributed by atoms with Crippen LogP contribution in [0.15, 0.2) is 78.9 Å². The molecular weight excluding hydrogens is 369 g/mol. The van der Waals surface area contributed by atoms with E-state index in [1.54, 1.807) is 24.3 Å². The van der Waals surface area contributed by atoms with Gasteiger partial charge in [0, 0.05) is 5.69 Å². The Kier molecular flexibility index (Phi) is 5.84. The number of anilines is 2. The van der Waals surface area contributed by atoms with Crippen LogP contribution in [0.3, 0.4) is 0 Å². The lowest BCUT2D eigenvalue weighted by Gasteiger charge is -2.14. The topological polar surface area (TPSA) is 50.4 Å². The summed E-state index contributed by atoms with van der Waals surface area (Å²) in [6, 6.07) is 21.0. The Bertz CT molecular complexity index is 926. The van der Waals surface area contributed by atoms with E-state index in [-0.39, 0.29) is 12.2 Å². The number of alkyl halides is 3. The molecule has 0 radical (unpaired) electrons. The quantitative estimate of drug-likeness (QED) is 0.584. The van der Waals surface area contributed by atoms with Gasteiger partial charge in [0.05, 0.1) is 17.8 Å². The van der Waals surface area contributed by atoms with Crippen LogP contribution in [0, 0.1) is 0 Å². The molecule has 0 aliphatic heterocycles. The fraction of sp³-hybridized carbons (Fsp3) is 0.0952. The highest BCUT2D eigenvalue weighted by Crippen LogP contribution is 2.34. The van der Waals surface area contributed by atoms with Gasteiger partial charge in [-0.3, -0.25) is 4.79 Å². The number of ether oxygens (including phenoxy) is 1. The second-order valence-electron chi connectivity index (χ2n) is 5.88. The van der Waals surface area contributed by atoms with E-state index in [2.05, 4.69) is 10.6 Å². The molecule has 0 aromatic heterocycles. The van der Waals surface area contributed by atoms with E-state index >= 15 is 0 Å². The number of halogens is 3. The van der Waals surface area contributed by atoms with Crippen molar-refractivity contribution in [3.63, 3.8) is 0 Å². The molecule has 0 aliphatic carbocycles. The number of hydrogen-bond donors (Lipinski definition) is 2. The molecule has 144 valence electrons. The van der Waals surface area contributed by atoms with Gasteiger partial charge in [0.1, 0.15) is 11.5 Å². The minimum absolute atomic E-state index is 0.176. The van der Waals surface area contributed by atoms with Crippen LogP contribution in [0.4, 0.5) is 24.5 Å². The van der Waals surface area contributed by atoms with E-state index < -0.39 is 17.6 Å². The summed E-state index contributed by atoms with van der Waals surface area (Å²) in [6.45, 7) is -0.176. The minimum atomic E-state index is -4.54. The van der Waals surface area contributed by atoms with Crippen LogP contribution in [0.2, 0.25) is 0 Å². The number of hydrogen-bond acceptors (Lipinski definition) is 3. The lowest BCUT2D eigenvalue weighted by Crippen LogP contribution is -2.23. The van der Waals surface area contributed by atoms with Gasteiger partial charge in [0.15, 0.2) is 0 Å². The van der Waals surface area contributed by atoms with Gasteiger partial charge in [0.2, 0.25) is 5.91 Å². The smallest absolute Gasteiger partial charge is 0.418 e.